The highest BCUT2D eigenvalue weighted by molar-refractivity contribution is 9.13. The molecule has 0 saturated heterocycles. The van der Waals surface area contributed by atoms with E-state index >= 15 is 0 Å². The lowest BCUT2D eigenvalue weighted by atomic mass is 10.1. The summed E-state index contributed by atoms with van der Waals surface area (Å²) >= 11 is 21.7. The summed E-state index contributed by atoms with van der Waals surface area (Å²) in [6.07, 6.45) is 4.83. The molecule has 0 saturated carbocycles. The second-order valence-corrected chi connectivity index (χ2v) is 9.94. The third-order valence-corrected chi connectivity index (χ3v) is 9.80. The summed E-state index contributed by atoms with van der Waals surface area (Å²) in [5.74, 6) is 0. The molecule has 6 heteroatoms. The van der Waals surface area contributed by atoms with Crippen molar-refractivity contribution < 1.29 is 0 Å². The predicted molar refractivity (Wildman–Crippen MR) is 96.9 cm³/mol. The summed E-state index contributed by atoms with van der Waals surface area (Å²) < 4.78 is 0. The van der Waals surface area contributed by atoms with Crippen molar-refractivity contribution in [2.45, 2.75) is 45.0 Å². The van der Waals surface area contributed by atoms with Crippen LogP contribution < -0.4 is 0 Å². The minimum absolute atomic E-state index is 0.534. The molecule has 4 unspecified atom stereocenters. The summed E-state index contributed by atoms with van der Waals surface area (Å²) in [6.45, 7) is 0. The zero-order valence-corrected chi connectivity index (χ0v) is 18.3. The van der Waals surface area contributed by atoms with E-state index in [2.05, 4.69) is 95.6 Å². The van der Waals surface area contributed by atoms with Gasteiger partial charge in [-0.05, 0) is 19.3 Å². The van der Waals surface area contributed by atoms with Crippen molar-refractivity contribution in [2.75, 3.05) is 10.7 Å². The van der Waals surface area contributed by atoms with E-state index in [-0.39, 0.29) is 0 Å². The Morgan fingerprint density at radius 3 is 1.75 bits per heavy atom. The largest absolute Gasteiger partial charge is 0.0916 e. The molecule has 0 aromatic rings. The molecule has 0 aliphatic heterocycles. The second kappa shape index (κ2) is 11.7. The third kappa shape index (κ3) is 9.76. The number of alkyl halides is 6. The van der Waals surface area contributed by atoms with Crippen molar-refractivity contribution in [3.63, 3.8) is 0 Å². The molecule has 0 amide bonds. The van der Waals surface area contributed by atoms with Crippen LogP contribution in [0, 0.1) is 0 Å². The van der Waals surface area contributed by atoms with Crippen LogP contribution >= 0.6 is 95.6 Å². The van der Waals surface area contributed by atoms with Crippen LogP contribution in [0.3, 0.4) is 0 Å². The van der Waals surface area contributed by atoms with E-state index < -0.39 is 0 Å². The predicted octanol–water partition coefficient (Wildman–Crippen LogP) is 6.39. The zero-order chi connectivity index (χ0) is 12.6. The van der Waals surface area contributed by atoms with Crippen molar-refractivity contribution in [3.05, 3.63) is 0 Å². The molecule has 0 nitrogen and oxygen atoms in total. The molecule has 0 aromatic heterocycles. The standard InChI is InChI=1S/C10H16Br6/c11-5-7(13)2-1-3-9(15)10(16)4-8(14)6-12/h7-10H,1-6H2. The van der Waals surface area contributed by atoms with Crippen LogP contribution in [0.4, 0.5) is 0 Å². The fourth-order valence-corrected chi connectivity index (χ4v) is 4.32. The number of halogens is 6. The average Bonchev–Trinajstić information content (AvgIpc) is 2.28. The van der Waals surface area contributed by atoms with Crippen molar-refractivity contribution in [1.29, 1.82) is 0 Å². The molecule has 0 rings (SSSR count). The van der Waals surface area contributed by atoms with Gasteiger partial charge in [0.05, 0.1) is 0 Å². The van der Waals surface area contributed by atoms with Crippen LogP contribution in [0.2, 0.25) is 0 Å². The molecule has 0 bridgehead atoms. The fraction of sp³-hybridized carbons (Fsp3) is 1.00. The Kier molecular flexibility index (Phi) is 13.8. The smallest absolute Gasteiger partial charge is 0.0282 e. The highest BCUT2D eigenvalue weighted by atomic mass is 79.9. The van der Waals surface area contributed by atoms with Gasteiger partial charge in [-0.15, -0.1) is 0 Å². The summed E-state index contributed by atoms with van der Waals surface area (Å²) in [4.78, 5) is 2.24. The maximum absolute atomic E-state index is 3.76. The van der Waals surface area contributed by atoms with Gasteiger partial charge in [0.25, 0.3) is 0 Å². The van der Waals surface area contributed by atoms with E-state index in [0.717, 1.165) is 17.1 Å². The summed E-state index contributed by atoms with van der Waals surface area (Å²) in [5, 5.41) is 2.03. The molecule has 0 fully saturated rings. The lowest BCUT2D eigenvalue weighted by molar-refractivity contribution is 0.632. The minimum atomic E-state index is 0.534. The molecule has 0 heterocycles. The summed E-state index contributed by atoms with van der Waals surface area (Å²) in [5.41, 5.74) is 0. The minimum Gasteiger partial charge on any atom is -0.0916 e. The molecule has 0 spiro atoms. The highest BCUT2D eigenvalue weighted by Crippen LogP contribution is 2.27. The normalized spacial score (nSPS) is 19.1. The van der Waals surface area contributed by atoms with Gasteiger partial charge in [-0.2, -0.15) is 0 Å². The maximum Gasteiger partial charge on any atom is 0.0282 e. The van der Waals surface area contributed by atoms with Crippen LogP contribution in [0.1, 0.15) is 25.7 Å². The lowest BCUT2D eigenvalue weighted by Crippen LogP contribution is -2.19. The lowest BCUT2D eigenvalue weighted by Gasteiger charge is -2.19. The zero-order valence-electron chi connectivity index (χ0n) is 8.82. The first kappa shape index (κ1) is 18.9. The van der Waals surface area contributed by atoms with Gasteiger partial charge in [-0.25, -0.2) is 0 Å². The highest BCUT2D eigenvalue weighted by Gasteiger charge is 2.18. The quantitative estimate of drug-likeness (QED) is 0.264. The van der Waals surface area contributed by atoms with Gasteiger partial charge in [0.1, 0.15) is 0 Å². The van der Waals surface area contributed by atoms with Crippen molar-refractivity contribution in [1.82, 2.24) is 0 Å². The summed E-state index contributed by atoms with van der Waals surface area (Å²) in [7, 11) is 0. The van der Waals surface area contributed by atoms with Gasteiger partial charge < -0.3 is 0 Å². The molecule has 0 aliphatic carbocycles. The topological polar surface area (TPSA) is 0 Å². The molecule has 0 aromatic carbocycles. The number of hydrogen-bond acceptors (Lipinski definition) is 0. The van der Waals surface area contributed by atoms with Crippen LogP contribution in [0.5, 0.6) is 0 Å². The Balaban J connectivity index is 3.66. The molecular weight excluding hydrogens is 600 g/mol. The molecular formula is C10H16Br6. The monoisotopic (exact) mass is 610 g/mol. The second-order valence-electron chi connectivity index (χ2n) is 3.70. The van der Waals surface area contributed by atoms with Gasteiger partial charge >= 0.3 is 0 Å². The first-order valence-corrected chi connectivity index (χ1v) is 11.1. The van der Waals surface area contributed by atoms with Gasteiger partial charge in [0.15, 0.2) is 0 Å². The SMILES string of the molecule is BrCC(Br)CCCC(Br)C(Br)CC(Br)CBr. The van der Waals surface area contributed by atoms with E-state index in [1.54, 1.807) is 0 Å². The van der Waals surface area contributed by atoms with Gasteiger partial charge in [-0.1, -0.05) is 102 Å². The van der Waals surface area contributed by atoms with E-state index in [1.807, 2.05) is 0 Å². The van der Waals surface area contributed by atoms with E-state index in [4.69, 9.17) is 0 Å². The average molecular weight is 616 g/mol. The maximum atomic E-state index is 3.76. The third-order valence-electron chi connectivity index (χ3n) is 2.21. The molecule has 0 radical (unpaired) electrons. The van der Waals surface area contributed by atoms with Gasteiger partial charge in [0.2, 0.25) is 0 Å². The number of hydrogen-bond donors (Lipinski definition) is 0. The Labute approximate surface area is 149 Å². The first-order valence-electron chi connectivity index (χ1n) is 5.19. The first-order chi connectivity index (χ1) is 7.51. The molecule has 0 aliphatic rings. The number of rotatable bonds is 9. The molecule has 98 valence electrons. The van der Waals surface area contributed by atoms with Gasteiger partial charge in [0, 0.05) is 30.0 Å². The van der Waals surface area contributed by atoms with Crippen molar-refractivity contribution in [2.24, 2.45) is 0 Å². The van der Waals surface area contributed by atoms with E-state index in [1.165, 1.54) is 19.3 Å². The Morgan fingerprint density at radius 1 is 0.688 bits per heavy atom. The molecule has 4 atom stereocenters. The van der Waals surface area contributed by atoms with Crippen LogP contribution in [-0.2, 0) is 0 Å². The van der Waals surface area contributed by atoms with Crippen LogP contribution in [0.15, 0.2) is 0 Å². The van der Waals surface area contributed by atoms with Crippen LogP contribution in [0.25, 0.3) is 0 Å². The van der Waals surface area contributed by atoms with E-state index in [0.29, 0.717) is 19.3 Å². The van der Waals surface area contributed by atoms with Crippen molar-refractivity contribution >= 4 is 95.6 Å². The van der Waals surface area contributed by atoms with Crippen molar-refractivity contribution in [3.8, 4) is 0 Å². The van der Waals surface area contributed by atoms with E-state index in [9.17, 15) is 0 Å². The summed E-state index contributed by atoms with van der Waals surface area (Å²) in [6, 6.07) is 0. The Bertz CT molecular complexity index is 165. The Hall–Kier alpha value is 2.88. The molecule has 0 N–H and O–H groups in total. The van der Waals surface area contributed by atoms with Crippen LogP contribution in [-0.4, -0.2) is 30.0 Å². The Morgan fingerprint density at radius 2 is 1.25 bits per heavy atom. The van der Waals surface area contributed by atoms with Gasteiger partial charge in [-0.3, -0.25) is 0 Å². The fourth-order valence-electron chi connectivity index (χ4n) is 1.25. The molecule has 16 heavy (non-hydrogen) atoms.